The monoisotopic (exact) mass is 428 g/mol. The van der Waals surface area contributed by atoms with E-state index in [1.165, 1.54) is 36.4 Å². The summed E-state index contributed by atoms with van der Waals surface area (Å²) in [5.74, 6) is -0.332. The van der Waals surface area contributed by atoms with E-state index in [2.05, 4.69) is 10.6 Å². The average Bonchev–Trinajstić information content (AvgIpc) is 2.74. The van der Waals surface area contributed by atoms with Gasteiger partial charge in [0, 0.05) is 22.5 Å². The molecule has 0 aromatic heterocycles. The van der Waals surface area contributed by atoms with E-state index < -0.39 is 17.6 Å². The van der Waals surface area contributed by atoms with Gasteiger partial charge in [0.15, 0.2) is 0 Å². The van der Waals surface area contributed by atoms with Gasteiger partial charge in [-0.1, -0.05) is 12.1 Å². The zero-order valence-corrected chi connectivity index (χ0v) is 16.5. The van der Waals surface area contributed by atoms with Gasteiger partial charge < -0.3 is 15.4 Å². The Morgan fingerprint density at radius 2 is 1.45 bits per heavy atom. The second kappa shape index (κ2) is 9.34. The Morgan fingerprint density at radius 1 is 0.806 bits per heavy atom. The van der Waals surface area contributed by atoms with Crippen molar-refractivity contribution < 1.29 is 27.5 Å². The fourth-order valence-electron chi connectivity index (χ4n) is 2.78. The number of rotatable bonds is 6. The van der Waals surface area contributed by atoms with E-state index in [4.69, 9.17) is 4.74 Å². The average molecular weight is 428 g/mol. The molecule has 0 saturated carbocycles. The minimum atomic E-state index is -4.50. The second-order valence-electron chi connectivity index (χ2n) is 6.53. The maximum atomic E-state index is 12.8. The van der Waals surface area contributed by atoms with E-state index in [9.17, 15) is 22.8 Å². The highest BCUT2D eigenvalue weighted by atomic mass is 19.4. The molecule has 0 aliphatic rings. The summed E-state index contributed by atoms with van der Waals surface area (Å²) in [6.07, 6.45) is -4.50. The highest BCUT2D eigenvalue weighted by Crippen LogP contribution is 2.30. The highest BCUT2D eigenvalue weighted by molar-refractivity contribution is 6.06. The van der Waals surface area contributed by atoms with Gasteiger partial charge in [0.05, 0.1) is 12.2 Å². The van der Waals surface area contributed by atoms with Gasteiger partial charge in [0.2, 0.25) is 0 Å². The summed E-state index contributed by atoms with van der Waals surface area (Å²) >= 11 is 0. The Hall–Kier alpha value is -3.81. The largest absolute Gasteiger partial charge is 0.494 e. The van der Waals surface area contributed by atoms with Crippen molar-refractivity contribution in [1.29, 1.82) is 0 Å². The minimum Gasteiger partial charge on any atom is -0.494 e. The van der Waals surface area contributed by atoms with Crippen LogP contribution in [0.2, 0.25) is 0 Å². The Bertz CT molecular complexity index is 1080. The predicted molar refractivity (Wildman–Crippen MR) is 111 cm³/mol. The predicted octanol–water partition coefficient (Wildman–Crippen LogP) is 5.61. The van der Waals surface area contributed by atoms with Crippen LogP contribution in [0.25, 0.3) is 0 Å². The third-order valence-electron chi connectivity index (χ3n) is 4.26. The molecule has 160 valence electrons. The molecule has 0 aliphatic carbocycles. The number of hydrogen-bond donors (Lipinski definition) is 2. The first-order valence-electron chi connectivity index (χ1n) is 9.39. The van der Waals surface area contributed by atoms with Gasteiger partial charge in [-0.05, 0) is 67.6 Å². The number of benzene rings is 3. The molecule has 0 bridgehead atoms. The first-order valence-corrected chi connectivity index (χ1v) is 9.39. The van der Waals surface area contributed by atoms with Gasteiger partial charge in [-0.15, -0.1) is 0 Å². The third kappa shape index (κ3) is 5.85. The van der Waals surface area contributed by atoms with Crippen molar-refractivity contribution in [2.75, 3.05) is 17.2 Å². The molecular formula is C23H19F3N2O3. The van der Waals surface area contributed by atoms with Gasteiger partial charge in [0.1, 0.15) is 5.75 Å². The van der Waals surface area contributed by atoms with E-state index >= 15 is 0 Å². The van der Waals surface area contributed by atoms with Crippen LogP contribution in [0.1, 0.15) is 33.2 Å². The van der Waals surface area contributed by atoms with E-state index in [-0.39, 0.29) is 17.2 Å². The molecule has 0 fully saturated rings. The van der Waals surface area contributed by atoms with E-state index in [0.29, 0.717) is 23.6 Å². The van der Waals surface area contributed by atoms with E-state index in [1.54, 1.807) is 24.3 Å². The standard InChI is InChI=1S/C23H19F3N2O3/c1-2-31-20-8-3-5-16(13-20)22(30)27-18-11-9-15(10-12-18)21(29)28-19-7-4-6-17(14-19)23(24,25)26/h3-14H,2H2,1H3,(H,27,30)(H,28,29). The molecule has 0 spiro atoms. The van der Waals surface area contributed by atoms with Crippen LogP contribution >= 0.6 is 0 Å². The van der Waals surface area contributed by atoms with Crippen LogP contribution in [0.4, 0.5) is 24.5 Å². The molecule has 0 atom stereocenters. The molecule has 0 saturated heterocycles. The van der Waals surface area contributed by atoms with Crippen molar-refractivity contribution in [3.05, 3.63) is 89.5 Å². The lowest BCUT2D eigenvalue weighted by Gasteiger charge is -2.10. The molecule has 0 aliphatic heterocycles. The number of carbonyl (C=O) groups excluding carboxylic acids is 2. The number of hydrogen-bond acceptors (Lipinski definition) is 3. The van der Waals surface area contributed by atoms with Crippen LogP contribution in [0.15, 0.2) is 72.8 Å². The van der Waals surface area contributed by atoms with Crippen molar-refractivity contribution in [1.82, 2.24) is 0 Å². The normalized spacial score (nSPS) is 11.0. The van der Waals surface area contributed by atoms with Crippen molar-refractivity contribution in [3.63, 3.8) is 0 Å². The van der Waals surface area contributed by atoms with Crippen LogP contribution in [-0.4, -0.2) is 18.4 Å². The third-order valence-corrected chi connectivity index (χ3v) is 4.26. The van der Waals surface area contributed by atoms with Gasteiger partial charge in [-0.2, -0.15) is 13.2 Å². The fraction of sp³-hybridized carbons (Fsp3) is 0.130. The number of anilines is 2. The van der Waals surface area contributed by atoms with Crippen LogP contribution in [0, 0.1) is 0 Å². The summed E-state index contributed by atoms with van der Waals surface area (Å²) in [7, 11) is 0. The summed E-state index contributed by atoms with van der Waals surface area (Å²) in [5, 5.41) is 5.15. The molecule has 0 heterocycles. The fourth-order valence-corrected chi connectivity index (χ4v) is 2.78. The zero-order valence-electron chi connectivity index (χ0n) is 16.5. The Labute approximate surface area is 176 Å². The molecule has 5 nitrogen and oxygen atoms in total. The smallest absolute Gasteiger partial charge is 0.416 e. The number of halogens is 3. The van der Waals surface area contributed by atoms with Crippen LogP contribution in [0.3, 0.4) is 0 Å². The Morgan fingerprint density at radius 3 is 2.13 bits per heavy atom. The molecular weight excluding hydrogens is 409 g/mol. The molecule has 31 heavy (non-hydrogen) atoms. The Kier molecular flexibility index (Phi) is 6.59. The molecule has 0 radical (unpaired) electrons. The summed E-state index contributed by atoms with van der Waals surface area (Å²) in [5.41, 5.74) is 0.289. The van der Waals surface area contributed by atoms with Gasteiger partial charge in [-0.25, -0.2) is 0 Å². The number of carbonyl (C=O) groups is 2. The second-order valence-corrected chi connectivity index (χ2v) is 6.53. The topological polar surface area (TPSA) is 67.4 Å². The van der Waals surface area contributed by atoms with Crippen molar-refractivity contribution >= 4 is 23.2 Å². The SMILES string of the molecule is CCOc1cccc(C(=O)Nc2ccc(C(=O)Nc3cccc(C(F)(F)F)c3)cc2)c1. The van der Waals surface area contributed by atoms with Crippen LogP contribution < -0.4 is 15.4 Å². The number of amides is 2. The van der Waals surface area contributed by atoms with Gasteiger partial charge in [-0.3, -0.25) is 9.59 Å². The Balaban J connectivity index is 1.65. The molecule has 8 heteroatoms. The van der Waals surface area contributed by atoms with E-state index in [1.807, 2.05) is 6.92 Å². The molecule has 2 amide bonds. The van der Waals surface area contributed by atoms with Crippen LogP contribution in [-0.2, 0) is 6.18 Å². The number of nitrogens with one attached hydrogen (secondary N) is 2. The maximum Gasteiger partial charge on any atom is 0.416 e. The molecule has 3 rings (SSSR count). The quantitative estimate of drug-likeness (QED) is 0.536. The first kappa shape index (κ1) is 21.9. The lowest BCUT2D eigenvalue weighted by atomic mass is 10.1. The van der Waals surface area contributed by atoms with E-state index in [0.717, 1.165) is 12.1 Å². The van der Waals surface area contributed by atoms with Gasteiger partial charge in [0.25, 0.3) is 11.8 Å². The summed E-state index contributed by atoms with van der Waals surface area (Å²) < 4.78 is 43.8. The first-order chi connectivity index (χ1) is 14.8. The molecule has 0 unspecified atom stereocenters. The highest BCUT2D eigenvalue weighted by Gasteiger charge is 2.30. The lowest BCUT2D eigenvalue weighted by Crippen LogP contribution is -2.14. The maximum absolute atomic E-state index is 12.8. The molecule has 2 N–H and O–H groups in total. The van der Waals surface area contributed by atoms with Crippen molar-refractivity contribution in [3.8, 4) is 5.75 Å². The van der Waals surface area contributed by atoms with Gasteiger partial charge >= 0.3 is 6.18 Å². The number of ether oxygens (including phenoxy) is 1. The van der Waals surface area contributed by atoms with Crippen molar-refractivity contribution in [2.24, 2.45) is 0 Å². The summed E-state index contributed by atoms with van der Waals surface area (Å²) in [4.78, 5) is 24.7. The lowest BCUT2D eigenvalue weighted by molar-refractivity contribution is -0.137. The minimum absolute atomic E-state index is 0.0337. The van der Waals surface area contributed by atoms with Crippen molar-refractivity contribution in [2.45, 2.75) is 13.1 Å². The number of alkyl halides is 3. The zero-order chi connectivity index (χ0) is 22.4. The summed E-state index contributed by atoms with van der Waals surface area (Å²) in [6.45, 7) is 2.33. The molecule has 3 aromatic rings. The summed E-state index contributed by atoms with van der Waals surface area (Å²) in [6, 6.07) is 17.1. The van der Waals surface area contributed by atoms with Crippen LogP contribution in [0.5, 0.6) is 5.75 Å². The molecule has 3 aromatic carbocycles.